The van der Waals surface area contributed by atoms with Crippen molar-refractivity contribution in [3.63, 3.8) is 0 Å². The summed E-state index contributed by atoms with van der Waals surface area (Å²) in [4.78, 5) is 29.8. The second-order valence-corrected chi connectivity index (χ2v) is 10.6. The minimum Gasteiger partial charge on any atom is -0.566 e. The van der Waals surface area contributed by atoms with Crippen LogP contribution in [0.15, 0.2) is 0 Å². The third-order valence-electron chi connectivity index (χ3n) is 5.08. The van der Waals surface area contributed by atoms with Crippen LogP contribution < -0.4 is 14.7 Å². The molecular weight excluding hydrogens is 577 g/mol. The molecule has 219 valence electrons. The van der Waals surface area contributed by atoms with Crippen molar-refractivity contribution in [1.29, 1.82) is 0 Å². The largest absolute Gasteiger partial charge is 3.00 e. The SMILES string of the molecule is CCCCCCCCO[P+](=O)[O-].CCCCCCCCO[P+](=O)[O-].CCCCCCCCO[P+](=O)[O-].[Cr+3]. The molecular formula is C24H51CrO9P3+3. The number of hydrogen-bond acceptors (Lipinski definition) is 9. The average Bonchev–Trinajstić information content (AvgIpc) is 2.83. The first-order valence-electron chi connectivity index (χ1n) is 13.6. The van der Waals surface area contributed by atoms with Crippen LogP contribution in [-0.4, -0.2) is 19.8 Å². The summed E-state index contributed by atoms with van der Waals surface area (Å²) in [5.74, 6) is 0. The van der Waals surface area contributed by atoms with Crippen molar-refractivity contribution in [3.05, 3.63) is 0 Å². The van der Waals surface area contributed by atoms with E-state index in [1.165, 1.54) is 77.0 Å². The molecule has 0 aromatic carbocycles. The first kappa shape index (κ1) is 44.6. The molecule has 0 N–H and O–H groups in total. The van der Waals surface area contributed by atoms with Gasteiger partial charge in [0.25, 0.3) is 0 Å². The molecule has 0 aliphatic heterocycles. The van der Waals surface area contributed by atoms with Crippen LogP contribution in [0.3, 0.4) is 0 Å². The van der Waals surface area contributed by atoms with Crippen molar-refractivity contribution in [2.45, 2.75) is 136 Å². The van der Waals surface area contributed by atoms with E-state index < -0.39 is 24.8 Å². The van der Waals surface area contributed by atoms with Gasteiger partial charge in [-0.1, -0.05) is 117 Å². The summed E-state index contributed by atoms with van der Waals surface area (Å²) < 4.78 is 43.1. The van der Waals surface area contributed by atoms with Crippen LogP contribution in [0.2, 0.25) is 0 Å². The molecule has 0 aliphatic carbocycles. The predicted octanol–water partition coefficient (Wildman–Crippen LogP) is 7.14. The molecule has 0 aliphatic rings. The van der Waals surface area contributed by atoms with Gasteiger partial charge in [0, 0.05) is 0 Å². The molecule has 9 nitrogen and oxygen atoms in total. The van der Waals surface area contributed by atoms with Gasteiger partial charge in [-0.05, 0) is 33.0 Å². The summed E-state index contributed by atoms with van der Waals surface area (Å²) in [5.41, 5.74) is 0. The van der Waals surface area contributed by atoms with Gasteiger partial charge in [-0.25, -0.2) is 0 Å². The molecule has 3 unspecified atom stereocenters. The molecule has 0 saturated heterocycles. The van der Waals surface area contributed by atoms with Crippen molar-refractivity contribution in [2.75, 3.05) is 19.8 Å². The quantitative estimate of drug-likeness (QED) is 0.0803. The summed E-state index contributed by atoms with van der Waals surface area (Å²) in [5, 5.41) is 0. The molecule has 13 heteroatoms. The fourth-order valence-corrected chi connectivity index (χ4v) is 3.90. The van der Waals surface area contributed by atoms with Gasteiger partial charge in [0.15, 0.2) is 0 Å². The Bertz CT molecular complexity index is 424. The molecule has 0 aromatic rings. The van der Waals surface area contributed by atoms with Gasteiger partial charge in [0.1, 0.15) is 19.8 Å². The van der Waals surface area contributed by atoms with Gasteiger partial charge in [-0.3, -0.25) is 0 Å². The van der Waals surface area contributed by atoms with E-state index in [9.17, 15) is 28.4 Å². The van der Waals surface area contributed by atoms with E-state index in [-0.39, 0.29) is 17.4 Å². The molecule has 0 heterocycles. The predicted molar refractivity (Wildman–Crippen MR) is 141 cm³/mol. The van der Waals surface area contributed by atoms with Crippen LogP contribution in [0.4, 0.5) is 0 Å². The monoisotopic (exact) mass is 628 g/mol. The Morgan fingerprint density at radius 2 is 0.595 bits per heavy atom. The van der Waals surface area contributed by atoms with Gasteiger partial charge in [-0.15, -0.1) is 13.6 Å². The van der Waals surface area contributed by atoms with Crippen LogP contribution in [0.1, 0.15) is 136 Å². The average molecular weight is 629 g/mol. The van der Waals surface area contributed by atoms with Crippen molar-refractivity contribution in [3.8, 4) is 0 Å². The van der Waals surface area contributed by atoms with E-state index in [1.807, 2.05) is 0 Å². The molecule has 1 radical (unpaired) electrons. The fraction of sp³-hybridized carbons (Fsp3) is 1.00. The van der Waals surface area contributed by atoms with Gasteiger partial charge >= 0.3 is 42.1 Å². The maximum Gasteiger partial charge on any atom is 3.00 e. The summed E-state index contributed by atoms with van der Waals surface area (Å²) in [7, 11) is -7.88. The molecule has 0 saturated carbocycles. The number of unbranched alkanes of at least 4 members (excludes halogenated alkanes) is 15. The van der Waals surface area contributed by atoms with E-state index in [0.717, 1.165) is 38.5 Å². The molecule has 0 amide bonds. The summed E-state index contributed by atoms with van der Waals surface area (Å²) in [6.45, 7) is 7.57. The Hall–Kier alpha value is 0.592. The van der Waals surface area contributed by atoms with E-state index >= 15 is 0 Å². The van der Waals surface area contributed by atoms with Gasteiger partial charge in [0.05, 0.1) is 0 Å². The Labute approximate surface area is 239 Å². The maximum atomic E-state index is 9.95. The number of rotatable bonds is 24. The Morgan fingerprint density at radius 3 is 0.784 bits per heavy atom. The van der Waals surface area contributed by atoms with Crippen LogP contribution >= 0.6 is 24.8 Å². The molecule has 37 heavy (non-hydrogen) atoms. The summed E-state index contributed by atoms with van der Waals surface area (Å²) >= 11 is 0. The van der Waals surface area contributed by atoms with E-state index in [0.29, 0.717) is 19.8 Å². The van der Waals surface area contributed by atoms with Crippen molar-refractivity contribution in [1.82, 2.24) is 0 Å². The van der Waals surface area contributed by atoms with Gasteiger partial charge in [-0.2, -0.15) is 0 Å². The third kappa shape index (κ3) is 57.5. The van der Waals surface area contributed by atoms with Crippen molar-refractivity contribution in [2.24, 2.45) is 0 Å². The summed E-state index contributed by atoms with van der Waals surface area (Å²) in [6.07, 6.45) is 20.6. The molecule has 0 spiro atoms. The van der Waals surface area contributed by atoms with Crippen molar-refractivity contribution < 1.29 is 59.3 Å². The Balaban J connectivity index is -0.000000218. The van der Waals surface area contributed by atoms with Gasteiger partial charge < -0.3 is 14.7 Å². The zero-order chi connectivity index (χ0) is 27.7. The second-order valence-electron chi connectivity index (χ2n) is 8.47. The first-order valence-corrected chi connectivity index (χ1v) is 16.9. The second kappa shape index (κ2) is 41.1. The first-order chi connectivity index (χ1) is 17.3. The molecule has 3 atom stereocenters. The third-order valence-corrected chi connectivity index (χ3v) is 6.26. The Kier molecular flexibility index (Phi) is 49.5. The normalized spacial score (nSPS) is 11.4. The van der Waals surface area contributed by atoms with E-state index in [4.69, 9.17) is 0 Å². The minimum atomic E-state index is -2.63. The molecule has 0 rings (SSSR count). The topological polar surface area (TPSA) is 148 Å². The van der Waals surface area contributed by atoms with Gasteiger partial charge in [0.2, 0.25) is 0 Å². The molecule has 0 aromatic heterocycles. The minimum absolute atomic E-state index is 0. The van der Waals surface area contributed by atoms with E-state index in [2.05, 4.69) is 34.3 Å². The maximum absolute atomic E-state index is 9.95. The molecule has 0 bridgehead atoms. The zero-order valence-corrected chi connectivity index (χ0v) is 27.2. The van der Waals surface area contributed by atoms with Crippen LogP contribution in [0.5, 0.6) is 0 Å². The van der Waals surface area contributed by atoms with Crippen LogP contribution in [0.25, 0.3) is 0 Å². The Morgan fingerprint density at radius 1 is 0.405 bits per heavy atom. The zero-order valence-electron chi connectivity index (χ0n) is 23.3. The fourth-order valence-electron chi connectivity index (χ4n) is 3.06. The summed E-state index contributed by atoms with van der Waals surface area (Å²) in [6, 6.07) is 0. The molecule has 0 fully saturated rings. The van der Waals surface area contributed by atoms with Crippen LogP contribution in [0, 0.1) is 0 Å². The standard InChI is InChI=1S/3C8H17O3P.Cr/c3*1-2-3-4-5-6-7-8-11-12(9)10;/h3*2-8H2,1H3;/q;;;+3. The van der Waals surface area contributed by atoms with E-state index in [1.54, 1.807) is 0 Å². The van der Waals surface area contributed by atoms with Crippen LogP contribution in [-0.2, 0) is 44.6 Å². The van der Waals surface area contributed by atoms with Crippen molar-refractivity contribution >= 4 is 24.8 Å². The smallest absolute Gasteiger partial charge is 0.566 e. The number of hydrogen-bond donors (Lipinski definition) is 0.